The largest absolute Gasteiger partial charge is 0.492 e. The third kappa shape index (κ3) is 5.45. The second-order valence-electron chi connectivity index (χ2n) is 8.79. The Morgan fingerprint density at radius 2 is 1.67 bits per heavy atom. The SMILES string of the molecule is COCCN(CCOc1ccc2[nH]c(-c3cc4ccccc4[nH]c3=O)cc2c1)Cc1cnc(C)nc1. The van der Waals surface area contributed by atoms with Gasteiger partial charge in [0.1, 0.15) is 18.2 Å². The van der Waals surface area contributed by atoms with Crippen LogP contribution < -0.4 is 10.3 Å². The standard InChI is InChI=1S/C28H29N5O3/c1-19-29-16-20(17-30-19)18-33(9-11-35-2)10-12-36-23-7-8-26-22(13-23)15-27(31-26)24-14-21-5-3-4-6-25(21)32-28(24)34/h3-8,13-17,31H,9-12,18H2,1-2H3,(H,32,34). The van der Waals surface area contributed by atoms with Crippen LogP contribution in [0.5, 0.6) is 5.75 Å². The van der Waals surface area contributed by atoms with E-state index in [1.807, 2.05) is 73.9 Å². The van der Waals surface area contributed by atoms with Crippen LogP contribution in [0.3, 0.4) is 0 Å². The Bertz CT molecular complexity index is 1520. The molecule has 0 aliphatic rings. The molecule has 0 saturated carbocycles. The van der Waals surface area contributed by atoms with Crippen LogP contribution in [-0.4, -0.2) is 58.2 Å². The Kier molecular flexibility index (Phi) is 7.06. The van der Waals surface area contributed by atoms with E-state index < -0.39 is 0 Å². The Balaban J connectivity index is 1.27. The van der Waals surface area contributed by atoms with Crippen LogP contribution in [0.2, 0.25) is 0 Å². The molecule has 0 aliphatic carbocycles. The fourth-order valence-electron chi connectivity index (χ4n) is 4.24. The van der Waals surface area contributed by atoms with Crippen molar-refractivity contribution < 1.29 is 9.47 Å². The average molecular weight is 484 g/mol. The molecule has 3 heterocycles. The number of fused-ring (bicyclic) bond motifs is 2. The van der Waals surface area contributed by atoms with E-state index in [9.17, 15) is 4.79 Å². The van der Waals surface area contributed by atoms with Gasteiger partial charge in [-0.2, -0.15) is 0 Å². The zero-order valence-corrected chi connectivity index (χ0v) is 20.5. The van der Waals surface area contributed by atoms with Crippen molar-refractivity contribution in [2.24, 2.45) is 0 Å². The number of ether oxygens (including phenoxy) is 2. The van der Waals surface area contributed by atoms with Gasteiger partial charge < -0.3 is 19.4 Å². The zero-order valence-electron chi connectivity index (χ0n) is 20.5. The van der Waals surface area contributed by atoms with E-state index >= 15 is 0 Å². The summed E-state index contributed by atoms with van der Waals surface area (Å²) in [7, 11) is 1.70. The minimum absolute atomic E-state index is 0.119. The lowest BCUT2D eigenvalue weighted by Crippen LogP contribution is -2.31. The molecular weight excluding hydrogens is 454 g/mol. The Morgan fingerprint density at radius 3 is 2.50 bits per heavy atom. The van der Waals surface area contributed by atoms with Crippen molar-refractivity contribution in [3.05, 3.63) is 88.7 Å². The van der Waals surface area contributed by atoms with Gasteiger partial charge in [-0.05, 0) is 48.7 Å². The van der Waals surface area contributed by atoms with Gasteiger partial charge >= 0.3 is 0 Å². The van der Waals surface area contributed by atoms with Crippen molar-refractivity contribution in [2.75, 3.05) is 33.4 Å². The second-order valence-corrected chi connectivity index (χ2v) is 8.79. The highest BCUT2D eigenvalue weighted by Crippen LogP contribution is 2.27. The maximum absolute atomic E-state index is 12.7. The number of hydrogen-bond donors (Lipinski definition) is 2. The molecule has 0 unspecified atom stereocenters. The molecule has 36 heavy (non-hydrogen) atoms. The van der Waals surface area contributed by atoms with E-state index in [4.69, 9.17) is 9.47 Å². The molecular formula is C28H29N5O3. The number of H-pyrrole nitrogens is 2. The van der Waals surface area contributed by atoms with Crippen LogP contribution in [0.4, 0.5) is 0 Å². The number of para-hydroxylation sites is 1. The average Bonchev–Trinajstić information content (AvgIpc) is 3.31. The highest BCUT2D eigenvalue weighted by Gasteiger charge is 2.11. The molecule has 8 heteroatoms. The van der Waals surface area contributed by atoms with Crippen LogP contribution in [0, 0.1) is 6.92 Å². The van der Waals surface area contributed by atoms with Crippen LogP contribution in [0.15, 0.2) is 71.8 Å². The molecule has 8 nitrogen and oxygen atoms in total. The summed E-state index contributed by atoms with van der Waals surface area (Å²) in [6.07, 6.45) is 3.72. The third-order valence-electron chi connectivity index (χ3n) is 6.16. The number of rotatable bonds is 10. The van der Waals surface area contributed by atoms with E-state index in [-0.39, 0.29) is 5.56 Å². The van der Waals surface area contributed by atoms with Gasteiger partial charge in [0.25, 0.3) is 5.56 Å². The van der Waals surface area contributed by atoms with Crippen LogP contribution in [0.1, 0.15) is 11.4 Å². The lowest BCUT2D eigenvalue weighted by Gasteiger charge is -2.22. The minimum atomic E-state index is -0.119. The number of aromatic nitrogens is 4. The third-order valence-corrected chi connectivity index (χ3v) is 6.16. The maximum atomic E-state index is 12.7. The fraction of sp³-hybridized carbons (Fsp3) is 0.250. The molecule has 0 atom stereocenters. The molecule has 0 aliphatic heterocycles. The van der Waals surface area contributed by atoms with Gasteiger partial charge in [0.2, 0.25) is 0 Å². The monoisotopic (exact) mass is 483 g/mol. The number of aromatic amines is 2. The molecule has 3 aromatic heterocycles. The lowest BCUT2D eigenvalue weighted by atomic mass is 10.1. The molecule has 0 saturated heterocycles. The number of nitrogens with zero attached hydrogens (tertiary/aromatic N) is 3. The topological polar surface area (TPSA) is 96.1 Å². The smallest absolute Gasteiger partial charge is 0.257 e. The predicted octanol–water partition coefficient (Wildman–Crippen LogP) is 4.30. The molecule has 5 aromatic rings. The van der Waals surface area contributed by atoms with Crippen molar-refractivity contribution >= 4 is 21.8 Å². The highest BCUT2D eigenvalue weighted by atomic mass is 16.5. The van der Waals surface area contributed by atoms with Gasteiger partial charge in [0.05, 0.1) is 17.9 Å². The molecule has 0 amide bonds. The molecule has 2 N–H and O–H groups in total. The first-order valence-corrected chi connectivity index (χ1v) is 12.0. The highest BCUT2D eigenvalue weighted by molar-refractivity contribution is 5.89. The number of aryl methyl sites for hydroxylation is 1. The number of methoxy groups -OCH3 is 1. The first kappa shape index (κ1) is 23.7. The van der Waals surface area contributed by atoms with Crippen LogP contribution >= 0.6 is 0 Å². The number of hydrogen-bond acceptors (Lipinski definition) is 6. The normalized spacial score (nSPS) is 11.5. The second kappa shape index (κ2) is 10.7. The molecule has 0 spiro atoms. The summed E-state index contributed by atoms with van der Waals surface area (Å²) in [5.74, 6) is 1.55. The van der Waals surface area contributed by atoms with Crippen molar-refractivity contribution in [1.29, 1.82) is 0 Å². The van der Waals surface area contributed by atoms with Crippen LogP contribution in [-0.2, 0) is 11.3 Å². The zero-order chi connectivity index (χ0) is 24.9. The molecule has 2 aromatic carbocycles. The number of nitrogens with one attached hydrogen (secondary N) is 2. The van der Waals surface area contributed by atoms with Crippen molar-refractivity contribution in [3.8, 4) is 17.0 Å². The molecule has 5 rings (SSSR count). The van der Waals surface area contributed by atoms with Gasteiger partial charge in [-0.25, -0.2) is 9.97 Å². The summed E-state index contributed by atoms with van der Waals surface area (Å²) in [4.78, 5) is 29.8. The Morgan fingerprint density at radius 1 is 0.889 bits per heavy atom. The maximum Gasteiger partial charge on any atom is 0.257 e. The summed E-state index contributed by atoms with van der Waals surface area (Å²) in [5, 5.41) is 1.98. The summed E-state index contributed by atoms with van der Waals surface area (Å²) < 4.78 is 11.4. The predicted molar refractivity (Wildman–Crippen MR) is 141 cm³/mol. The summed E-state index contributed by atoms with van der Waals surface area (Å²) in [6, 6.07) is 17.6. The quantitative estimate of drug-likeness (QED) is 0.307. The van der Waals surface area contributed by atoms with Gasteiger partial charge in [-0.3, -0.25) is 9.69 Å². The number of benzene rings is 2. The van der Waals surface area contributed by atoms with E-state index in [1.54, 1.807) is 7.11 Å². The van der Waals surface area contributed by atoms with Gasteiger partial charge in [0, 0.05) is 61.1 Å². The van der Waals surface area contributed by atoms with E-state index in [1.165, 1.54) is 0 Å². The minimum Gasteiger partial charge on any atom is -0.492 e. The Hall–Kier alpha value is -4.01. The molecule has 0 fully saturated rings. The van der Waals surface area contributed by atoms with E-state index in [0.717, 1.165) is 64.3 Å². The molecule has 0 bridgehead atoms. The van der Waals surface area contributed by atoms with Crippen molar-refractivity contribution in [3.63, 3.8) is 0 Å². The summed E-state index contributed by atoms with van der Waals surface area (Å²) in [5.41, 5.74) is 4.11. The van der Waals surface area contributed by atoms with Crippen molar-refractivity contribution in [2.45, 2.75) is 13.5 Å². The molecule has 0 radical (unpaired) electrons. The summed E-state index contributed by atoms with van der Waals surface area (Å²) >= 11 is 0. The van der Waals surface area contributed by atoms with E-state index in [2.05, 4.69) is 24.8 Å². The van der Waals surface area contributed by atoms with E-state index in [0.29, 0.717) is 18.8 Å². The Labute approximate surface area is 208 Å². The summed E-state index contributed by atoms with van der Waals surface area (Å²) in [6.45, 7) is 5.30. The van der Waals surface area contributed by atoms with Gasteiger partial charge in [0.15, 0.2) is 0 Å². The van der Waals surface area contributed by atoms with Crippen molar-refractivity contribution in [1.82, 2.24) is 24.8 Å². The number of pyridine rings is 1. The van der Waals surface area contributed by atoms with Gasteiger partial charge in [-0.1, -0.05) is 18.2 Å². The fourth-order valence-corrected chi connectivity index (χ4v) is 4.24. The molecule has 184 valence electrons. The first-order valence-electron chi connectivity index (χ1n) is 12.0. The van der Waals surface area contributed by atoms with Gasteiger partial charge in [-0.15, -0.1) is 0 Å². The van der Waals surface area contributed by atoms with Crippen LogP contribution in [0.25, 0.3) is 33.1 Å². The lowest BCUT2D eigenvalue weighted by molar-refractivity contribution is 0.130. The first-order chi connectivity index (χ1) is 17.6.